The van der Waals surface area contributed by atoms with Gasteiger partial charge >= 0.3 is 81.5 Å². The van der Waals surface area contributed by atoms with Crippen molar-refractivity contribution in [3.8, 4) is 0 Å². The molecule has 0 saturated carbocycles. The first-order chi connectivity index (χ1) is 5.84. The van der Waals surface area contributed by atoms with Crippen LogP contribution >= 0.6 is 11.3 Å². The molecule has 1 nitrogen and oxygen atoms in total. The Morgan fingerprint density at radius 3 is 2.83 bits per heavy atom. The maximum atomic E-state index is 5.49. The molecule has 0 atom stereocenters. The summed E-state index contributed by atoms with van der Waals surface area (Å²) in [5.41, 5.74) is 0. The Bertz CT molecular complexity index is 350. The first-order valence-electron chi connectivity index (χ1n) is 3.62. The van der Waals surface area contributed by atoms with E-state index in [1.54, 1.807) is 11.3 Å². The average Bonchev–Trinajstić information content (AvgIpc) is 2.63. The zero-order chi connectivity index (χ0) is 8.39. The van der Waals surface area contributed by atoms with Gasteiger partial charge in [0.2, 0.25) is 0 Å². The molecule has 0 amide bonds. The minimum absolute atomic E-state index is 0.364. The van der Waals surface area contributed by atoms with Gasteiger partial charge in [0.05, 0.1) is 0 Å². The van der Waals surface area contributed by atoms with E-state index in [0.29, 0.717) is 15.0 Å². The van der Waals surface area contributed by atoms with Gasteiger partial charge in [0.25, 0.3) is 0 Å². The van der Waals surface area contributed by atoms with Crippen LogP contribution in [0.1, 0.15) is 5.76 Å². The molecule has 0 aromatic carbocycles. The monoisotopic (exact) mass is 244 g/mol. The number of thiophene rings is 1. The Balaban J connectivity index is 2.14. The van der Waals surface area contributed by atoms with Gasteiger partial charge in [-0.15, -0.1) is 0 Å². The van der Waals surface area contributed by atoms with Crippen LogP contribution in [0.25, 0.3) is 0 Å². The molecule has 0 N–H and O–H groups in total. The summed E-state index contributed by atoms with van der Waals surface area (Å²) in [7, 11) is 0. The summed E-state index contributed by atoms with van der Waals surface area (Å²) < 4.78 is 8.02. The van der Waals surface area contributed by atoms with Crippen molar-refractivity contribution in [1.29, 1.82) is 0 Å². The first kappa shape index (κ1) is 8.11. The van der Waals surface area contributed by atoms with Gasteiger partial charge in [-0.25, -0.2) is 0 Å². The van der Waals surface area contributed by atoms with Crippen molar-refractivity contribution in [2.75, 3.05) is 0 Å². The predicted octanol–water partition coefficient (Wildman–Crippen LogP) is 1.30. The molecule has 0 unspecified atom stereocenters. The summed E-state index contributed by atoms with van der Waals surface area (Å²) in [4.78, 5) is 0. The standard InChI is InChI=1S/C9H8OSSe/c1-7-4-5-8(10-7)12-9-3-2-6-11-9/h2-6H,1H3. The molecule has 0 spiro atoms. The summed E-state index contributed by atoms with van der Waals surface area (Å²) in [6, 6.07) is 8.32. The molecule has 2 heterocycles. The van der Waals surface area contributed by atoms with E-state index in [9.17, 15) is 0 Å². The molecule has 12 heavy (non-hydrogen) atoms. The summed E-state index contributed by atoms with van der Waals surface area (Å²) in [5, 5.41) is 2.10. The molecule has 62 valence electrons. The zero-order valence-electron chi connectivity index (χ0n) is 6.61. The quantitative estimate of drug-likeness (QED) is 0.725. The van der Waals surface area contributed by atoms with E-state index in [0.717, 1.165) is 10.4 Å². The molecule has 0 saturated heterocycles. The topological polar surface area (TPSA) is 13.1 Å². The van der Waals surface area contributed by atoms with Crippen LogP contribution in [0.5, 0.6) is 0 Å². The number of aryl methyl sites for hydroxylation is 1. The average molecular weight is 243 g/mol. The van der Waals surface area contributed by atoms with Crippen LogP contribution in [0.2, 0.25) is 0 Å². The molecule has 2 aromatic rings. The van der Waals surface area contributed by atoms with Gasteiger partial charge < -0.3 is 0 Å². The summed E-state index contributed by atoms with van der Waals surface area (Å²) in [6.07, 6.45) is 0. The summed E-state index contributed by atoms with van der Waals surface area (Å²) in [6.45, 7) is 1.98. The molecule has 0 fully saturated rings. The molecule has 0 bridgehead atoms. The number of furan rings is 1. The van der Waals surface area contributed by atoms with Crippen LogP contribution in [0.3, 0.4) is 0 Å². The van der Waals surface area contributed by atoms with Gasteiger partial charge in [0.15, 0.2) is 0 Å². The maximum absolute atomic E-state index is 5.49. The van der Waals surface area contributed by atoms with E-state index in [-0.39, 0.29) is 0 Å². The third kappa shape index (κ3) is 1.80. The molecule has 0 aliphatic heterocycles. The van der Waals surface area contributed by atoms with Gasteiger partial charge in [-0.1, -0.05) is 0 Å². The normalized spacial score (nSPS) is 10.4. The Hall–Kier alpha value is -0.501. The Morgan fingerprint density at radius 2 is 2.25 bits per heavy atom. The van der Waals surface area contributed by atoms with E-state index in [2.05, 4.69) is 23.6 Å². The number of hydrogen-bond acceptors (Lipinski definition) is 2. The van der Waals surface area contributed by atoms with Gasteiger partial charge in [-0.3, -0.25) is 0 Å². The van der Waals surface area contributed by atoms with Crippen molar-refractivity contribution in [3.05, 3.63) is 35.4 Å². The van der Waals surface area contributed by atoms with E-state index >= 15 is 0 Å². The molecule has 2 aromatic heterocycles. The second kappa shape index (κ2) is 3.48. The molecule has 0 aliphatic carbocycles. The Labute approximate surface area is 81.6 Å². The third-order valence-electron chi connectivity index (χ3n) is 1.41. The fourth-order valence-electron chi connectivity index (χ4n) is 0.888. The number of hydrogen-bond donors (Lipinski definition) is 0. The van der Waals surface area contributed by atoms with E-state index < -0.39 is 0 Å². The zero-order valence-corrected chi connectivity index (χ0v) is 9.14. The molecular formula is C9H8OSSe. The van der Waals surface area contributed by atoms with Crippen molar-refractivity contribution in [3.63, 3.8) is 0 Å². The van der Waals surface area contributed by atoms with Crippen LogP contribution in [0.15, 0.2) is 34.1 Å². The summed E-state index contributed by atoms with van der Waals surface area (Å²) in [5.74, 6) is 1.00. The molecule has 2 rings (SSSR count). The van der Waals surface area contributed by atoms with Crippen LogP contribution < -0.4 is 8.43 Å². The molecule has 0 aliphatic rings. The Kier molecular flexibility index (Phi) is 2.35. The second-order valence-electron chi connectivity index (χ2n) is 2.40. The summed E-state index contributed by atoms with van der Waals surface area (Å²) >= 11 is 2.16. The van der Waals surface area contributed by atoms with Crippen LogP contribution in [0.4, 0.5) is 0 Å². The van der Waals surface area contributed by atoms with Crippen LogP contribution in [-0.2, 0) is 0 Å². The molecule has 3 heteroatoms. The number of rotatable bonds is 2. The van der Waals surface area contributed by atoms with Crippen molar-refractivity contribution in [1.82, 2.24) is 0 Å². The molecule has 0 radical (unpaired) electrons. The third-order valence-corrected chi connectivity index (χ3v) is 4.70. The van der Waals surface area contributed by atoms with Crippen molar-refractivity contribution >= 4 is 34.7 Å². The van der Waals surface area contributed by atoms with E-state index in [1.165, 1.54) is 3.78 Å². The van der Waals surface area contributed by atoms with Crippen LogP contribution in [0, 0.1) is 6.92 Å². The SMILES string of the molecule is Cc1ccc([Se]c2cccs2)o1. The van der Waals surface area contributed by atoms with Gasteiger partial charge in [-0.2, -0.15) is 0 Å². The minimum atomic E-state index is 0.364. The van der Waals surface area contributed by atoms with E-state index in [1.807, 2.05) is 13.0 Å². The fourth-order valence-corrected chi connectivity index (χ4v) is 3.84. The van der Waals surface area contributed by atoms with Crippen LogP contribution in [-0.4, -0.2) is 15.0 Å². The van der Waals surface area contributed by atoms with Gasteiger partial charge in [0, 0.05) is 0 Å². The Morgan fingerprint density at radius 1 is 1.33 bits per heavy atom. The van der Waals surface area contributed by atoms with E-state index in [4.69, 9.17) is 4.42 Å². The first-order valence-corrected chi connectivity index (χ1v) is 6.22. The predicted molar refractivity (Wildman–Crippen MR) is 52.8 cm³/mol. The van der Waals surface area contributed by atoms with Gasteiger partial charge in [-0.05, 0) is 0 Å². The van der Waals surface area contributed by atoms with Crippen molar-refractivity contribution < 1.29 is 4.42 Å². The second-order valence-corrected chi connectivity index (χ2v) is 6.13. The van der Waals surface area contributed by atoms with Gasteiger partial charge in [0.1, 0.15) is 0 Å². The fraction of sp³-hybridized carbons (Fsp3) is 0.111. The van der Waals surface area contributed by atoms with Crippen molar-refractivity contribution in [2.24, 2.45) is 0 Å². The molecular weight excluding hydrogens is 235 g/mol. The van der Waals surface area contributed by atoms with Crippen molar-refractivity contribution in [2.45, 2.75) is 6.92 Å².